The topological polar surface area (TPSA) is 69.6 Å². The maximum Gasteiger partial charge on any atom is 0.320 e. The van der Waals surface area contributed by atoms with Crippen molar-refractivity contribution in [1.29, 1.82) is 0 Å². The summed E-state index contributed by atoms with van der Waals surface area (Å²) in [5, 5.41) is 21.4. The van der Waals surface area contributed by atoms with Crippen molar-refractivity contribution in [3.63, 3.8) is 0 Å². The number of rotatable bonds is 6. The molecule has 0 heterocycles. The molecule has 16 heavy (non-hydrogen) atoms. The minimum Gasteiger partial charge on any atom is -0.480 e. The van der Waals surface area contributed by atoms with Gasteiger partial charge in [-0.25, -0.2) is 0 Å². The van der Waals surface area contributed by atoms with Crippen molar-refractivity contribution in [2.75, 3.05) is 6.54 Å². The Balaban J connectivity index is 2.46. The number of aliphatic carboxylic acids is 1. The first-order chi connectivity index (χ1) is 7.65. The molecule has 4 nitrogen and oxygen atoms in total. The lowest BCUT2D eigenvalue weighted by Gasteiger charge is -2.16. The Morgan fingerprint density at radius 2 is 2.00 bits per heavy atom. The van der Waals surface area contributed by atoms with Crippen LogP contribution >= 0.6 is 0 Å². The highest BCUT2D eigenvalue weighted by Crippen LogP contribution is 2.10. The number of aliphatic hydroxyl groups is 1. The fourth-order valence-corrected chi connectivity index (χ4v) is 1.45. The molecule has 0 bridgehead atoms. The number of hydrogen-bond acceptors (Lipinski definition) is 3. The van der Waals surface area contributed by atoms with Crippen LogP contribution in [-0.2, 0) is 4.79 Å². The molecule has 4 heteroatoms. The van der Waals surface area contributed by atoms with Gasteiger partial charge in [0, 0.05) is 6.54 Å². The second-order valence-electron chi connectivity index (χ2n) is 3.63. The highest BCUT2D eigenvalue weighted by molar-refractivity contribution is 5.73. The molecule has 0 amide bonds. The van der Waals surface area contributed by atoms with Crippen molar-refractivity contribution in [2.24, 2.45) is 0 Å². The SMILES string of the molecule is CCC(NCC(O)c1ccccc1)C(=O)O. The van der Waals surface area contributed by atoms with Crippen molar-refractivity contribution < 1.29 is 15.0 Å². The summed E-state index contributed by atoms with van der Waals surface area (Å²) in [5.41, 5.74) is 0.787. The van der Waals surface area contributed by atoms with E-state index in [2.05, 4.69) is 5.32 Å². The first-order valence-electron chi connectivity index (χ1n) is 5.34. The van der Waals surface area contributed by atoms with E-state index in [1.165, 1.54) is 0 Å². The highest BCUT2D eigenvalue weighted by atomic mass is 16.4. The highest BCUT2D eigenvalue weighted by Gasteiger charge is 2.16. The molecule has 88 valence electrons. The van der Waals surface area contributed by atoms with E-state index in [1.807, 2.05) is 30.3 Å². The van der Waals surface area contributed by atoms with Crippen LogP contribution in [0.25, 0.3) is 0 Å². The second kappa shape index (κ2) is 6.25. The van der Waals surface area contributed by atoms with Gasteiger partial charge < -0.3 is 15.5 Å². The molecule has 1 rings (SSSR count). The molecule has 0 spiro atoms. The van der Waals surface area contributed by atoms with Crippen molar-refractivity contribution in [3.05, 3.63) is 35.9 Å². The molecular weight excluding hydrogens is 206 g/mol. The van der Waals surface area contributed by atoms with Crippen molar-refractivity contribution in [1.82, 2.24) is 5.32 Å². The third-order valence-electron chi connectivity index (χ3n) is 2.45. The number of carbonyl (C=O) groups is 1. The predicted molar refractivity (Wildman–Crippen MR) is 61.1 cm³/mol. The number of nitrogens with one attached hydrogen (secondary N) is 1. The Bertz CT molecular complexity index is 326. The number of carboxylic acid groups (broad SMARTS) is 1. The summed E-state index contributed by atoms with van der Waals surface area (Å²) in [6.45, 7) is 2.04. The average molecular weight is 223 g/mol. The fraction of sp³-hybridized carbons (Fsp3) is 0.417. The molecule has 2 unspecified atom stereocenters. The first kappa shape index (κ1) is 12.7. The quantitative estimate of drug-likeness (QED) is 0.677. The molecule has 0 aliphatic carbocycles. The van der Waals surface area contributed by atoms with Gasteiger partial charge in [-0.3, -0.25) is 4.79 Å². The molecule has 3 N–H and O–H groups in total. The summed E-state index contributed by atoms with van der Waals surface area (Å²) >= 11 is 0. The third kappa shape index (κ3) is 3.64. The van der Waals surface area contributed by atoms with Gasteiger partial charge in [-0.1, -0.05) is 37.3 Å². The van der Waals surface area contributed by atoms with E-state index < -0.39 is 18.1 Å². The molecule has 0 saturated carbocycles. The molecule has 0 aliphatic rings. The fourth-order valence-electron chi connectivity index (χ4n) is 1.45. The Morgan fingerprint density at radius 3 is 2.50 bits per heavy atom. The van der Waals surface area contributed by atoms with Gasteiger partial charge in [0.25, 0.3) is 0 Å². The van der Waals surface area contributed by atoms with Gasteiger partial charge in [0.15, 0.2) is 0 Å². The van der Waals surface area contributed by atoms with Crippen LogP contribution < -0.4 is 5.32 Å². The zero-order valence-corrected chi connectivity index (χ0v) is 9.26. The number of aliphatic hydroxyl groups excluding tert-OH is 1. The monoisotopic (exact) mass is 223 g/mol. The summed E-state index contributed by atoms with van der Waals surface area (Å²) in [6, 6.07) is 8.58. The van der Waals surface area contributed by atoms with E-state index in [-0.39, 0.29) is 6.54 Å². The van der Waals surface area contributed by atoms with Crippen LogP contribution in [0.2, 0.25) is 0 Å². The molecule has 0 fully saturated rings. The van der Waals surface area contributed by atoms with Gasteiger partial charge in [-0.2, -0.15) is 0 Å². The van der Waals surface area contributed by atoms with E-state index in [4.69, 9.17) is 5.11 Å². The van der Waals surface area contributed by atoms with Gasteiger partial charge in [0.2, 0.25) is 0 Å². The second-order valence-corrected chi connectivity index (χ2v) is 3.63. The Morgan fingerprint density at radius 1 is 1.38 bits per heavy atom. The minimum absolute atomic E-state index is 0.245. The van der Waals surface area contributed by atoms with Crippen LogP contribution in [0.3, 0.4) is 0 Å². The summed E-state index contributed by atoms with van der Waals surface area (Å²) in [6.07, 6.45) is -0.175. The van der Waals surface area contributed by atoms with Crippen LogP contribution in [0.1, 0.15) is 25.0 Å². The van der Waals surface area contributed by atoms with E-state index in [0.29, 0.717) is 6.42 Å². The minimum atomic E-state index is -0.886. The van der Waals surface area contributed by atoms with Gasteiger partial charge in [0.05, 0.1) is 6.10 Å². The lowest BCUT2D eigenvalue weighted by molar-refractivity contribution is -0.139. The van der Waals surface area contributed by atoms with Gasteiger partial charge in [0.1, 0.15) is 6.04 Å². The normalized spacial score (nSPS) is 14.4. The van der Waals surface area contributed by atoms with Crippen LogP contribution in [0.15, 0.2) is 30.3 Å². The Labute approximate surface area is 94.9 Å². The molecule has 1 aromatic carbocycles. The van der Waals surface area contributed by atoms with E-state index in [1.54, 1.807) is 6.92 Å². The maximum atomic E-state index is 10.7. The molecule has 0 aromatic heterocycles. The molecule has 0 aliphatic heterocycles. The number of benzene rings is 1. The lowest BCUT2D eigenvalue weighted by Crippen LogP contribution is -2.38. The van der Waals surface area contributed by atoms with E-state index in [0.717, 1.165) is 5.56 Å². The van der Waals surface area contributed by atoms with Crippen LogP contribution in [-0.4, -0.2) is 28.8 Å². The zero-order chi connectivity index (χ0) is 12.0. The lowest BCUT2D eigenvalue weighted by atomic mass is 10.1. The molecular formula is C12H17NO3. The average Bonchev–Trinajstić information content (AvgIpc) is 2.30. The number of hydrogen-bond donors (Lipinski definition) is 3. The summed E-state index contributed by atoms with van der Waals surface area (Å²) in [7, 11) is 0. The zero-order valence-electron chi connectivity index (χ0n) is 9.26. The number of carboxylic acids is 1. The van der Waals surface area contributed by atoms with Gasteiger partial charge >= 0.3 is 5.97 Å². The molecule has 2 atom stereocenters. The van der Waals surface area contributed by atoms with Crippen LogP contribution in [0.5, 0.6) is 0 Å². The predicted octanol–water partition coefficient (Wildman–Crippen LogP) is 1.17. The van der Waals surface area contributed by atoms with Gasteiger partial charge in [-0.15, -0.1) is 0 Å². The van der Waals surface area contributed by atoms with E-state index >= 15 is 0 Å². The Hall–Kier alpha value is -1.39. The van der Waals surface area contributed by atoms with Crippen LogP contribution in [0.4, 0.5) is 0 Å². The van der Waals surface area contributed by atoms with Crippen molar-refractivity contribution in [2.45, 2.75) is 25.5 Å². The molecule has 0 saturated heterocycles. The van der Waals surface area contributed by atoms with Crippen LogP contribution in [0, 0.1) is 0 Å². The smallest absolute Gasteiger partial charge is 0.320 e. The molecule has 0 radical (unpaired) electrons. The third-order valence-corrected chi connectivity index (χ3v) is 2.45. The summed E-state index contributed by atoms with van der Waals surface area (Å²) < 4.78 is 0. The summed E-state index contributed by atoms with van der Waals surface area (Å²) in [4.78, 5) is 10.7. The van der Waals surface area contributed by atoms with Crippen molar-refractivity contribution >= 4 is 5.97 Å². The first-order valence-corrected chi connectivity index (χ1v) is 5.34. The maximum absolute atomic E-state index is 10.7. The van der Waals surface area contributed by atoms with Gasteiger partial charge in [-0.05, 0) is 12.0 Å². The van der Waals surface area contributed by atoms with Crippen molar-refractivity contribution in [3.8, 4) is 0 Å². The Kier molecular flexibility index (Phi) is 4.95. The standard InChI is InChI=1S/C12H17NO3/c1-2-10(12(15)16)13-8-11(14)9-6-4-3-5-7-9/h3-7,10-11,13-14H,2,8H2,1H3,(H,15,16). The largest absolute Gasteiger partial charge is 0.480 e. The molecule has 1 aromatic rings. The van der Waals surface area contributed by atoms with E-state index in [9.17, 15) is 9.90 Å². The summed E-state index contributed by atoms with van der Waals surface area (Å²) in [5.74, 6) is -0.886.